The second-order valence-electron chi connectivity index (χ2n) is 4.83. The minimum Gasteiger partial charge on any atom is -0.399 e. The molecule has 1 aliphatic rings. The Hall–Kier alpha value is -0.920. The maximum absolute atomic E-state index is 8.95. The Balaban J connectivity index is 2.82. The summed E-state index contributed by atoms with van der Waals surface area (Å²) in [5.74, 6) is -0.228. The third kappa shape index (κ3) is 3.79. The topological polar surface area (TPSA) is 139 Å². The van der Waals surface area contributed by atoms with Crippen LogP contribution in [0.25, 0.3) is 0 Å². The van der Waals surface area contributed by atoms with Crippen LogP contribution in [0.3, 0.4) is 0 Å². The van der Waals surface area contributed by atoms with E-state index >= 15 is 0 Å². The Morgan fingerprint density at radius 2 is 2.00 bits per heavy atom. The highest BCUT2D eigenvalue weighted by Crippen LogP contribution is 2.31. The van der Waals surface area contributed by atoms with Gasteiger partial charge in [0, 0.05) is 29.8 Å². The molecule has 0 aromatic heterocycles. The van der Waals surface area contributed by atoms with Crippen LogP contribution in [-0.2, 0) is 0 Å². The molecule has 9 N–H and O–H groups in total. The van der Waals surface area contributed by atoms with Gasteiger partial charge in [0.1, 0.15) is 0 Å². The summed E-state index contributed by atoms with van der Waals surface area (Å²) in [5, 5.41) is 26.8. The Kier molecular flexibility index (Phi) is 5.30. The number of hydrogen-bond acceptors (Lipinski definition) is 6. The molecule has 3 atom stereocenters. The standard InChI is InChI=1S/C12H23N3O3/c13-8-1-4-12(15,5-2-11(17)18)9(7-8)10(14)3-6-16/h1,4,7,9-11,16-18H,2-3,5-6,13-15H2. The minimum absolute atomic E-state index is 0.0200. The van der Waals surface area contributed by atoms with E-state index in [2.05, 4.69) is 0 Å². The lowest BCUT2D eigenvalue weighted by atomic mass is 9.73. The van der Waals surface area contributed by atoms with Crippen LogP contribution in [0.1, 0.15) is 19.3 Å². The molecule has 1 aliphatic carbocycles. The highest BCUT2D eigenvalue weighted by atomic mass is 16.5. The fourth-order valence-electron chi connectivity index (χ4n) is 2.26. The van der Waals surface area contributed by atoms with Crippen molar-refractivity contribution in [3.05, 3.63) is 23.9 Å². The zero-order chi connectivity index (χ0) is 13.8. The molecule has 0 spiro atoms. The van der Waals surface area contributed by atoms with Gasteiger partial charge in [-0.05, 0) is 25.3 Å². The van der Waals surface area contributed by atoms with Crippen LogP contribution in [-0.4, -0.2) is 39.8 Å². The molecule has 6 heteroatoms. The summed E-state index contributed by atoms with van der Waals surface area (Å²) < 4.78 is 0. The van der Waals surface area contributed by atoms with Crippen molar-refractivity contribution in [2.75, 3.05) is 6.61 Å². The lowest BCUT2D eigenvalue weighted by Crippen LogP contribution is -2.53. The summed E-state index contributed by atoms with van der Waals surface area (Å²) in [5.41, 5.74) is 17.8. The predicted molar refractivity (Wildman–Crippen MR) is 69.0 cm³/mol. The maximum Gasteiger partial charge on any atom is 0.151 e. The fourth-order valence-corrected chi connectivity index (χ4v) is 2.26. The second-order valence-corrected chi connectivity index (χ2v) is 4.83. The highest BCUT2D eigenvalue weighted by Gasteiger charge is 2.36. The van der Waals surface area contributed by atoms with Gasteiger partial charge in [-0.2, -0.15) is 0 Å². The molecule has 3 unspecified atom stereocenters. The SMILES string of the molecule is NC1=CC(C(N)CCO)C(N)(CCC(O)O)C=C1. The third-order valence-corrected chi connectivity index (χ3v) is 3.34. The van der Waals surface area contributed by atoms with E-state index in [9.17, 15) is 0 Å². The molecule has 104 valence electrons. The Morgan fingerprint density at radius 3 is 2.56 bits per heavy atom. The van der Waals surface area contributed by atoms with E-state index in [-0.39, 0.29) is 25.0 Å². The second kappa shape index (κ2) is 6.31. The molecule has 0 fully saturated rings. The van der Waals surface area contributed by atoms with Crippen LogP contribution in [0.2, 0.25) is 0 Å². The molecule has 0 aromatic rings. The molecule has 0 saturated carbocycles. The zero-order valence-electron chi connectivity index (χ0n) is 10.4. The molecule has 6 nitrogen and oxygen atoms in total. The molecule has 0 amide bonds. The summed E-state index contributed by atoms with van der Waals surface area (Å²) in [7, 11) is 0. The number of allylic oxidation sites excluding steroid dienone is 1. The average molecular weight is 257 g/mol. The molecule has 0 radical (unpaired) electrons. The Morgan fingerprint density at radius 1 is 1.33 bits per heavy atom. The van der Waals surface area contributed by atoms with Gasteiger partial charge >= 0.3 is 0 Å². The molecule has 0 heterocycles. The van der Waals surface area contributed by atoms with E-state index in [1.54, 1.807) is 18.2 Å². The number of hydrogen-bond donors (Lipinski definition) is 6. The summed E-state index contributed by atoms with van der Waals surface area (Å²) in [6, 6.07) is -0.320. The third-order valence-electron chi connectivity index (χ3n) is 3.34. The normalized spacial score (nSPS) is 29.4. The van der Waals surface area contributed by atoms with Crippen LogP contribution in [0.5, 0.6) is 0 Å². The van der Waals surface area contributed by atoms with Crippen molar-refractivity contribution in [3.63, 3.8) is 0 Å². The summed E-state index contributed by atoms with van der Waals surface area (Å²) in [4.78, 5) is 0. The predicted octanol–water partition coefficient (Wildman–Crippen LogP) is -1.49. The number of rotatable bonds is 6. The zero-order valence-corrected chi connectivity index (χ0v) is 10.4. The van der Waals surface area contributed by atoms with Gasteiger partial charge in [0.05, 0.1) is 0 Å². The van der Waals surface area contributed by atoms with Gasteiger partial charge in [0.2, 0.25) is 0 Å². The minimum atomic E-state index is -1.39. The van der Waals surface area contributed by atoms with Crippen LogP contribution in [0.15, 0.2) is 23.9 Å². The lowest BCUT2D eigenvalue weighted by Gasteiger charge is -2.39. The van der Waals surface area contributed by atoms with Crippen LogP contribution >= 0.6 is 0 Å². The smallest absolute Gasteiger partial charge is 0.151 e. The molecule has 0 bridgehead atoms. The van der Waals surface area contributed by atoms with Crippen molar-refractivity contribution in [2.24, 2.45) is 23.1 Å². The van der Waals surface area contributed by atoms with Gasteiger partial charge in [0.15, 0.2) is 6.29 Å². The van der Waals surface area contributed by atoms with E-state index in [1.165, 1.54) is 0 Å². The van der Waals surface area contributed by atoms with Crippen molar-refractivity contribution < 1.29 is 15.3 Å². The van der Waals surface area contributed by atoms with Crippen molar-refractivity contribution in [1.82, 2.24) is 0 Å². The van der Waals surface area contributed by atoms with Crippen LogP contribution in [0.4, 0.5) is 0 Å². The molecule has 1 rings (SSSR count). The van der Waals surface area contributed by atoms with Crippen molar-refractivity contribution >= 4 is 0 Å². The summed E-state index contributed by atoms with van der Waals surface area (Å²) in [6.07, 6.45) is 4.81. The molecule has 0 saturated heterocycles. The molecular formula is C12H23N3O3. The van der Waals surface area contributed by atoms with Crippen molar-refractivity contribution in [3.8, 4) is 0 Å². The lowest BCUT2D eigenvalue weighted by molar-refractivity contribution is -0.0500. The number of aliphatic hydroxyl groups is 3. The van der Waals surface area contributed by atoms with Gasteiger partial charge < -0.3 is 32.5 Å². The van der Waals surface area contributed by atoms with Gasteiger partial charge in [-0.1, -0.05) is 12.2 Å². The quantitative estimate of drug-likeness (QED) is 0.321. The van der Waals surface area contributed by atoms with Gasteiger partial charge in [-0.3, -0.25) is 0 Å². The van der Waals surface area contributed by atoms with Crippen molar-refractivity contribution in [1.29, 1.82) is 0 Å². The first-order chi connectivity index (χ1) is 8.39. The van der Waals surface area contributed by atoms with E-state index in [0.29, 0.717) is 18.5 Å². The summed E-state index contributed by atoms with van der Waals surface area (Å²) in [6.45, 7) is -0.0200. The van der Waals surface area contributed by atoms with Crippen LogP contribution < -0.4 is 17.2 Å². The largest absolute Gasteiger partial charge is 0.399 e. The number of aliphatic hydroxyl groups excluding tert-OH is 2. The van der Waals surface area contributed by atoms with E-state index in [0.717, 1.165) is 0 Å². The first-order valence-corrected chi connectivity index (χ1v) is 6.07. The Bertz CT molecular complexity index is 331. The average Bonchev–Trinajstić information content (AvgIpc) is 2.30. The van der Waals surface area contributed by atoms with E-state index in [1.807, 2.05) is 0 Å². The maximum atomic E-state index is 8.95. The van der Waals surface area contributed by atoms with Crippen molar-refractivity contribution in [2.45, 2.75) is 37.1 Å². The first-order valence-electron chi connectivity index (χ1n) is 6.07. The van der Waals surface area contributed by atoms with Crippen LogP contribution in [0, 0.1) is 5.92 Å². The molecule has 18 heavy (non-hydrogen) atoms. The van der Waals surface area contributed by atoms with Gasteiger partial charge in [0.25, 0.3) is 0 Å². The summed E-state index contributed by atoms with van der Waals surface area (Å²) >= 11 is 0. The fraction of sp³-hybridized carbons (Fsp3) is 0.667. The van der Waals surface area contributed by atoms with E-state index in [4.69, 9.17) is 32.5 Å². The van der Waals surface area contributed by atoms with Gasteiger partial charge in [-0.15, -0.1) is 0 Å². The molecule has 0 aliphatic heterocycles. The molecule has 0 aromatic carbocycles. The Labute approximate surface area is 107 Å². The van der Waals surface area contributed by atoms with Gasteiger partial charge in [-0.25, -0.2) is 0 Å². The number of nitrogens with two attached hydrogens (primary N) is 3. The first kappa shape index (κ1) is 15.1. The van der Waals surface area contributed by atoms with E-state index < -0.39 is 11.8 Å². The highest BCUT2D eigenvalue weighted by molar-refractivity contribution is 5.30. The monoisotopic (exact) mass is 257 g/mol. The molecular weight excluding hydrogens is 234 g/mol.